The molecule has 2 atom stereocenters. The van der Waals surface area contributed by atoms with Gasteiger partial charge in [-0.2, -0.15) is 0 Å². The largest absolute Gasteiger partial charge is 0.481 e. The highest BCUT2D eigenvalue weighted by atomic mass is 35.5. The number of para-hydroxylation sites is 2. The molecule has 2 aromatic carbocycles. The van der Waals surface area contributed by atoms with Crippen molar-refractivity contribution in [2.45, 2.75) is 18.6 Å². The first-order valence-corrected chi connectivity index (χ1v) is 8.22. The summed E-state index contributed by atoms with van der Waals surface area (Å²) in [5.74, 6) is 0.583. The Morgan fingerprint density at radius 2 is 1.92 bits per heavy atom. The van der Waals surface area contributed by atoms with Crippen LogP contribution >= 0.6 is 11.6 Å². The Kier molecular flexibility index (Phi) is 3.40. The number of halogens is 1. The Morgan fingerprint density at radius 3 is 2.60 bits per heavy atom. The fraction of sp³-hybridized carbons (Fsp3) is 0.222. The summed E-state index contributed by atoms with van der Waals surface area (Å²) in [7, 11) is 0. The van der Waals surface area contributed by atoms with Crippen LogP contribution in [0.3, 0.4) is 0 Å². The van der Waals surface area contributed by atoms with E-state index in [2.05, 4.69) is 0 Å². The third kappa shape index (κ3) is 2.25. The summed E-state index contributed by atoms with van der Waals surface area (Å²) >= 11 is 5.99. The molecule has 7 heteroatoms. The van der Waals surface area contributed by atoms with Gasteiger partial charge in [-0.25, -0.2) is 14.5 Å². The van der Waals surface area contributed by atoms with Gasteiger partial charge in [0, 0.05) is 5.02 Å². The molecule has 2 unspecified atom stereocenters. The molecule has 2 N–H and O–H groups in total. The summed E-state index contributed by atoms with van der Waals surface area (Å²) in [6, 6.07) is 13.3. The Bertz CT molecular complexity index is 870. The average molecular weight is 358 g/mol. The molecule has 2 heterocycles. The standard InChI is InChI=1S/C18H16ClN3O3/c1-18-10-21(16(20)23)17(24)22(18)13-4-2-3-5-14(13)25-15(18)11-6-8-12(19)9-7-11/h2-9,15H,10H2,1H3,(H2,20,23). The van der Waals surface area contributed by atoms with Gasteiger partial charge in [0.2, 0.25) is 0 Å². The van der Waals surface area contributed by atoms with Gasteiger partial charge in [0.15, 0.2) is 0 Å². The van der Waals surface area contributed by atoms with Gasteiger partial charge < -0.3 is 10.5 Å². The van der Waals surface area contributed by atoms with E-state index in [4.69, 9.17) is 22.1 Å². The van der Waals surface area contributed by atoms with Crippen LogP contribution in [0.15, 0.2) is 48.5 Å². The van der Waals surface area contributed by atoms with Gasteiger partial charge in [-0.05, 0) is 36.8 Å². The third-order valence-electron chi connectivity index (χ3n) is 4.77. The highest BCUT2D eigenvalue weighted by Gasteiger charge is 2.57. The quantitative estimate of drug-likeness (QED) is 0.847. The summed E-state index contributed by atoms with van der Waals surface area (Å²) in [5.41, 5.74) is 6.12. The molecular formula is C18H16ClN3O3. The second kappa shape index (κ2) is 5.39. The smallest absolute Gasteiger partial charge is 0.333 e. The van der Waals surface area contributed by atoms with E-state index in [0.29, 0.717) is 16.5 Å². The number of anilines is 1. The van der Waals surface area contributed by atoms with Gasteiger partial charge in [0.1, 0.15) is 17.4 Å². The lowest BCUT2D eigenvalue weighted by molar-refractivity contribution is 0.108. The minimum absolute atomic E-state index is 0.142. The molecular weight excluding hydrogens is 342 g/mol. The fourth-order valence-corrected chi connectivity index (χ4v) is 3.73. The number of hydrogen-bond donors (Lipinski definition) is 1. The second-order valence-corrected chi connectivity index (χ2v) is 6.85. The number of fused-ring (bicyclic) bond motifs is 3. The van der Waals surface area contributed by atoms with Crippen molar-refractivity contribution in [3.63, 3.8) is 0 Å². The molecule has 0 radical (unpaired) electrons. The van der Waals surface area contributed by atoms with E-state index in [0.717, 1.165) is 10.5 Å². The zero-order valence-electron chi connectivity index (χ0n) is 13.5. The van der Waals surface area contributed by atoms with Crippen molar-refractivity contribution < 1.29 is 14.3 Å². The van der Waals surface area contributed by atoms with Crippen molar-refractivity contribution in [3.05, 3.63) is 59.1 Å². The molecule has 2 aromatic rings. The Morgan fingerprint density at radius 1 is 1.24 bits per heavy atom. The number of ether oxygens (including phenoxy) is 1. The number of urea groups is 2. The first kappa shape index (κ1) is 15.8. The SMILES string of the molecule is CC12CN(C(N)=O)C(=O)N1c1ccccc1OC2c1ccc(Cl)cc1. The maximum Gasteiger partial charge on any atom is 0.333 e. The van der Waals surface area contributed by atoms with Crippen LogP contribution in [0.25, 0.3) is 0 Å². The first-order chi connectivity index (χ1) is 11.9. The molecule has 0 saturated carbocycles. The van der Waals surface area contributed by atoms with Gasteiger partial charge in [-0.1, -0.05) is 35.9 Å². The Labute approximate surface area is 149 Å². The van der Waals surface area contributed by atoms with Gasteiger partial charge in [-0.3, -0.25) is 4.90 Å². The second-order valence-electron chi connectivity index (χ2n) is 6.42. The molecule has 4 amide bonds. The van der Waals surface area contributed by atoms with Gasteiger partial charge in [0.05, 0.1) is 12.2 Å². The maximum absolute atomic E-state index is 12.9. The van der Waals surface area contributed by atoms with Gasteiger partial charge in [-0.15, -0.1) is 0 Å². The average Bonchev–Trinajstić information content (AvgIpc) is 2.87. The number of imide groups is 1. The van der Waals surface area contributed by atoms with E-state index in [-0.39, 0.29) is 6.54 Å². The Hall–Kier alpha value is -2.73. The highest BCUT2D eigenvalue weighted by Crippen LogP contribution is 2.50. The Balaban J connectivity index is 1.88. The molecule has 0 aliphatic carbocycles. The van der Waals surface area contributed by atoms with E-state index in [1.807, 2.05) is 31.2 Å². The van der Waals surface area contributed by atoms with Crippen LogP contribution in [-0.2, 0) is 0 Å². The number of carbonyl (C=O) groups is 2. The third-order valence-corrected chi connectivity index (χ3v) is 5.02. The number of amides is 4. The van der Waals surface area contributed by atoms with Crippen molar-refractivity contribution in [1.29, 1.82) is 0 Å². The van der Waals surface area contributed by atoms with Gasteiger partial charge >= 0.3 is 12.1 Å². The molecule has 6 nitrogen and oxygen atoms in total. The lowest BCUT2D eigenvalue weighted by Crippen LogP contribution is -2.54. The van der Waals surface area contributed by atoms with Crippen molar-refractivity contribution in [1.82, 2.24) is 4.90 Å². The van der Waals surface area contributed by atoms with E-state index >= 15 is 0 Å². The zero-order chi connectivity index (χ0) is 17.8. The van der Waals surface area contributed by atoms with E-state index in [9.17, 15) is 9.59 Å². The zero-order valence-corrected chi connectivity index (χ0v) is 14.2. The van der Waals surface area contributed by atoms with Crippen LogP contribution in [0.2, 0.25) is 5.02 Å². The number of nitrogens with two attached hydrogens (primary N) is 1. The number of primary amides is 1. The van der Waals surface area contributed by atoms with Crippen LogP contribution in [0, 0.1) is 0 Å². The highest BCUT2D eigenvalue weighted by molar-refractivity contribution is 6.30. The van der Waals surface area contributed by atoms with Crippen LogP contribution in [0.5, 0.6) is 5.75 Å². The summed E-state index contributed by atoms with van der Waals surface area (Å²) in [6.45, 7) is 2.03. The predicted molar refractivity (Wildman–Crippen MR) is 93.8 cm³/mol. The molecule has 2 aliphatic heterocycles. The van der Waals surface area contributed by atoms with Gasteiger partial charge in [0.25, 0.3) is 0 Å². The summed E-state index contributed by atoms with van der Waals surface area (Å²) in [5, 5.41) is 0.614. The molecule has 0 bridgehead atoms. The van der Waals surface area contributed by atoms with Crippen molar-refractivity contribution >= 4 is 29.4 Å². The summed E-state index contributed by atoms with van der Waals surface area (Å²) < 4.78 is 6.24. The van der Waals surface area contributed by atoms with Crippen molar-refractivity contribution in [2.24, 2.45) is 5.73 Å². The van der Waals surface area contributed by atoms with Crippen LogP contribution in [-0.4, -0.2) is 29.0 Å². The molecule has 1 fully saturated rings. The van der Waals surface area contributed by atoms with Crippen LogP contribution < -0.4 is 15.4 Å². The monoisotopic (exact) mass is 357 g/mol. The van der Waals surface area contributed by atoms with Crippen molar-refractivity contribution in [2.75, 3.05) is 11.4 Å². The molecule has 4 rings (SSSR count). The lowest BCUT2D eigenvalue weighted by Gasteiger charge is -2.44. The van der Waals surface area contributed by atoms with E-state index in [1.54, 1.807) is 29.2 Å². The van der Waals surface area contributed by atoms with Crippen molar-refractivity contribution in [3.8, 4) is 5.75 Å². The molecule has 1 saturated heterocycles. The van der Waals surface area contributed by atoms with Crippen LogP contribution in [0.1, 0.15) is 18.6 Å². The molecule has 25 heavy (non-hydrogen) atoms. The number of hydrogen-bond acceptors (Lipinski definition) is 3. The topological polar surface area (TPSA) is 75.9 Å². The normalized spacial score (nSPS) is 24.6. The van der Waals surface area contributed by atoms with Crippen LogP contribution in [0.4, 0.5) is 15.3 Å². The molecule has 2 aliphatic rings. The predicted octanol–water partition coefficient (Wildman–Crippen LogP) is 3.55. The number of benzene rings is 2. The fourth-order valence-electron chi connectivity index (χ4n) is 3.61. The minimum atomic E-state index is -0.783. The number of rotatable bonds is 1. The molecule has 128 valence electrons. The summed E-state index contributed by atoms with van der Waals surface area (Å²) in [4.78, 5) is 27.3. The summed E-state index contributed by atoms with van der Waals surface area (Å²) in [6.07, 6.45) is -0.465. The molecule has 0 aromatic heterocycles. The maximum atomic E-state index is 12.9. The molecule has 0 spiro atoms. The number of carbonyl (C=O) groups excluding carboxylic acids is 2. The number of nitrogens with zero attached hydrogens (tertiary/aromatic N) is 2. The van der Waals surface area contributed by atoms with E-state index < -0.39 is 23.7 Å². The lowest BCUT2D eigenvalue weighted by atomic mass is 9.86. The first-order valence-electron chi connectivity index (χ1n) is 7.84. The minimum Gasteiger partial charge on any atom is -0.481 e. The van der Waals surface area contributed by atoms with E-state index in [1.165, 1.54) is 0 Å².